The summed E-state index contributed by atoms with van der Waals surface area (Å²) in [5.74, 6) is -0.267. The molecule has 0 fully saturated rings. The summed E-state index contributed by atoms with van der Waals surface area (Å²) >= 11 is 0. The minimum Gasteiger partial charge on any atom is -0.290 e. The van der Waals surface area contributed by atoms with Crippen molar-refractivity contribution in [3.63, 3.8) is 0 Å². The molecule has 0 atom stereocenters. The van der Waals surface area contributed by atoms with Crippen LogP contribution < -0.4 is 5.48 Å². The van der Waals surface area contributed by atoms with Crippen molar-refractivity contribution in [3.05, 3.63) is 69.8 Å². The molecule has 0 saturated carbocycles. The van der Waals surface area contributed by atoms with Gasteiger partial charge in [-0.2, -0.15) is 13.2 Å². The normalized spacial score (nSPS) is 12.1. The molecule has 6 nitrogen and oxygen atoms in total. The Balaban J connectivity index is 2.43. The fourth-order valence-electron chi connectivity index (χ4n) is 1.80. The second kappa shape index (κ2) is 6.44. The SMILES string of the molecule is O=[N+]([O-])c1cccc(N=C(NO)c2cccc(C(F)(F)F)c2)c1. The van der Waals surface area contributed by atoms with Crippen LogP contribution in [0, 0.1) is 10.1 Å². The van der Waals surface area contributed by atoms with E-state index in [0.29, 0.717) is 0 Å². The molecule has 9 heteroatoms. The van der Waals surface area contributed by atoms with E-state index in [1.165, 1.54) is 30.3 Å². The number of nitro groups is 1. The lowest BCUT2D eigenvalue weighted by Crippen LogP contribution is -2.20. The molecule has 0 unspecified atom stereocenters. The summed E-state index contributed by atoms with van der Waals surface area (Å²) in [5.41, 5.74) is 0.658. The lowest BCUT2D eigenvalue weighted by Gasteiger charge is -2.10. The summed E-state index contributed by atoms with van der Waals surface area (Å²) < 4.78 is 38.1. The average Bonchev–Trinajstić information content (AvgIpc) is 2.52. The smallest absolute Gasteiger partial charge is 0.290 e. The first kappa shape index (κ1) is 16.4. The Morgan fingerprint density at radius 3 is 2.48 bits per heavy atom. The number of hydroxylamine groups is 1. The number of aliphatic imine (C=N–C) groups is 1. The second-order valence-corrected chi connectivity index (χ2v) is 4.43. The molecule has 2 aromatic carbocycles. The minimum atomic E-state index is -4.54. The number of benzene rings is 2. The van der Waals surface area contributed by atoms with Gasteiger partial charge in [-0.25, -0.2) is 4.99 Å². The van der Waals surface area contributed by atoms with Crippen LogP contribution in [-0.4, -0.2) is 16.0 Å². The van der Waals surface area contributed by atoms with Crippen LogP contribution in [0.4, 0.5) is 24.5 Å². The van der Waals surface area contributed by atoms with Gasteiger partial charge in [0.1, 0.15) is 0 Å². The number of alkyl halides is 3. The van der Waals surface area contributed by atoms with Gasteiger partial charge in [0.05, 0.1) is 16.2 Å². The third-order valence-corrected chi connectivity index (χ3v) is 2.85. The van der Waals surface area contributed by atoms with Gasteiger partial charge in [0, 0.05) is 17.7 Å². The molecular formula is C14H10F3N3O3. The van der Waals surface area contributed by atoms with E-state index >= 15 is 0 Å². The van der Waals surface area contributed by atoms with Crippen molar-refractivity contribution in [2.75, 3.05) is 0 Å². The third kappa shape index (κ3) is 4.04. The van der Waals surface area contributed by atoms with Crippen LogP contribution in [0.1, 0.15) is 11.1 Å². The van der Waals surface area contributed by atoms with Gasteiger partial charge in [-0.15, -0.1) is 0 Å². The van der Waals surface area contributed by atoms with Crippen LogP contribution in [0.2, 0.25) is 0 Å². The highest BCUT2D eigenvalue weighted by atomic mass is 19.4. The van der Waals surface area contributed by atoms with Gasteiger partial charge >= 0.3 is 6.18 Å². The van der Waals surface area contributed by atoms with Gasteiger partial charge in [0.15, 0.2) is 5.84 Å². The molecule has 0 saturated heterocycles. The Morgan fingerprint density at radius 1 is 1.17 bits per heavy atom. The number of hydrogen-bond acceptors (Lipinski definition) is 4. The van der Waals surface area contributed by atoms with Crippen molar-refractivity contribution in [2.45, 2.75) is 6.18 Å². The molecule has 0 bridgehead atoms. The van der Waals surface area contributed by atoms with Crippen LogP contribution >= 0.6 is 0 Å². The minimum absolute atomic E-state index is 0.0196. The first-order valence-electron chi connectivity index (χ1n) is 6.22. The van der Waals surface area contributed by atoms with Crippen LogP contribution in [0.5, 0.6) is 0 Å². The summed E-state index contributed by atoms with van der Waals surface area (Å²) in [5, 5.41) is 19.8. The number of amidine groups is 1. The van der Waals surface area contributed by atoms with Crippen LogP contribution in [0.3, 0.4) is 0 Å². The van der Waals surface area contributed by atoms with E-state index in [1.54, 1.807) is 5.48 Å². The molecular weight excluding hydrogens is 315 g/mol. The average molecular weight is 325 g/mol. The van der Waals surface area contributed by atoms with Crippen LogP contribution in [0.25, 0.3) is 0 Å². The van der Waals surface area contributed by atoms with Crippen molar-refractivity contribution < 1.29 is 23.3 Å². The lowest BCUT2D eigenvalue weighted by molar-refractivity contribution is -0.384. The molecule has 0 spiro atoms. The maximum atomic E-state index is 12.7. The maximum Gasteiger partial charge on any atom is 0.416 e. The standard InChI is InChI=1S/C14H10F3N3O3/c15-14(16,17)10-4-1-3-9(7-10)13(19-21)18-11-5-2-6-12(8-11)20(22)23/h1-8,21H,(H,18,19). The van der Waals surface area contributed by atoms with Gasteiger partial charge in [0.25, 0.3) is 5.69 Å². The number of non-ortho nitro benzene ring substituents is 1. The summed E-state index contributed by atoms with van der Waals surface area (Å²) in [6.45, 7) is 0. The molecule has 0 aliphatic carbocycles. The summed E-state index contributed by atoms with van der Waals surface area (Å²) in [6.07, 6.45) is -4.54. The second-order valence-electron chi connectivity index (χ2n) is 4.43. The van der Waals surface area contributed by atoms with Crippen molar-refractivity contribution in [1.29, 1.82) is 0 Å². The number of rotatable bonds is 3. The highest BCUT2D eigenvalue weighted by Crippen LogP contribution is 2.30. The predicted molar refractivity (Wildman–Crippen MR) is 75.7 cm³/mol. The fraction of sp³-hybridized carbons (Fsp3) is 0.0714. The number of nitro benzene ring substituents is 1. The topological polar surface area (TPSA) is 87.8 Å². The molecule has 0 radical (unpaired) electrons. The molecule has 0 amide bonds. The highest BCUT2D eigenvalue weighted by molar-refractivity contribution is 5.99. The Bertz CT molecular complexity index is 760. The molecule has 2 aromatic rings. The zero-order valence-corrected chi connectivity index (χ0v) is 11.4. The van der Waals surface area contributed by atoms with Gasteiger partial charge in [0.2, 0.25) is 0 Å². The van der Waals surface area contributed by atoms with Gasteiger partial charge < -0.3 is 0 Å². The molecule has 0 aliphatic heterocycles. The first-order chi connectivity index (χ1) is 10.8. The number of nitrogens with one attached hydrogen (secondary N) is 1. The first-order valence-corrected chi connectivity index (χ1v) is 6.22. The largest absolute Gasteiger partial charge is 0.416 e. The highest BCUT2D eigenvalue weighted by Gasteiger charge is 2.30. The van der Waals surface area contributed by atoms with E-state index in [1.807, 2.05) is 0 Å². The third-order valence-electron chi connectivity index (χ3n) is 2.85. The summed E-state index contributed by atoms with van der Waals surface area (Å²) in [6, 6.07) is 9.33. The van der Waals surface area contributed by atoms with E-state index in [2.05, 4.69) is 4.99 Å². The monoisotopic (exact) mass is 325 g/mol. The number of nitrogens with zero attached hydrogens (tertiary/aromatic N) is 2. The van der Waals surface area contributed by atoms with E-state index < -0.39 is 16.7 Å². The van der Waals surface area contributed by atoms with Crippen molar-refractivity contribution >= 4 is 17.2 Å². The Morgan fingerprint density at radius 2 is 1.87 bits per heavy atom. The molecule has 0 aromatic heterocycles. The van der Waals surface area contributed by atoms with Crippen molar-refractivity contribution in [1.82, 2.24) is 5.48 Å². The molecule has 0 aliphatic rings. The van der Waals surface area contributed by atoms with Crippen LogP contribution in [-0.2, 0) is 6.18 Å². The Kier molecular flexibility index (Phi) is 4.60. The fourth-order valence-corrected chi connectivity index (χ4v) is 1.80. The summed E-state index contributed by atoms with van der Waals surface area (Å²) in [4.78, 5) is 14.0. The predicted octanol–water partition coefficient (Wildman–Crippen LogP) is 3.67. The molecule has 0 heterocycles. The van der Waals surface area contributed by atoms with Crippen molar-refractivity contribution in [3.8, 4) is 0 Å². The summed E-state index contributed by atoms with van der Waals surface area (Å²) in [7, 11) is 0. The van der Waals surface area contributed by atoms with E-state index in [9.17, 15) is 23.3 Å². The quantitative estimate of drug-likeness (QED) is 0.390. The van der Waals surface area contributed by atoms with E-state index in [4.69, 9.17) is 5.21 Å². The van der Waals surface area contributed by atoms with Gasteiger partial charge in [-0.05, 0) is 18.2 Å². The zero-order valence-electron chi connectivity index (χ0n) is 11.4. The van der Waals surface area contributed by atoms with Crippen molar-refractivity contribution in [2.24, 2.45) is 4.99 Å². The molecule has 2 rings (SSSR count). The molecule has 2 N–H and O–H groups in total. The van der Waals surface area contributed by atoms with E-state index in [-0.39, 0.29) is 22.8 Å². The number of hydrogen-bond donors (Lipinski definition) is 2. The Hall–Kier alpha value is -2.94. The van der Waals surface area contributed by atoms with E-state index in [0.717, 1.165) is 18.2 Å². The maximum absolute atomic E-state index is 12.7. The zero-order chi connectivity index (χ0) is 17.0. The Labute approximate surface area is 128 Å². The van der Waals surface area contributed by atoms with Crippen LogP contribution in [0.15, 0.2) is 53.5 Å². The van der Waals surface area contributed by atoms with Gasteiger partial charge in [-0.3, -0.25) is 20.8 Å². The lowest BCUT2D eigenvalue weighted by atomic mass is 10.1. The molecule has 23 heavy (non-hydrogen) atoms. The molecule has 120 valence electrons. The van der Waals surface area contributed by atoms with Gasteiger partial charge in [-0.1, -0.05) is 18.2 Å². The number of halogens is 3.